The minimum absolute atomic E-state index is 0.0864. The minimum Gasteiger partial charge on any atom is -0.436 e. The quantitative estimate of drug-likeness (QED) is 0.640. The summed E-state index contributed by atoms with van der Waals surface area (Å²) in [6.45, 7) is 1.68. The van der Waals surface area contributed by atoms with Gasteiger partial charge in [-0.3, -0.25) is 4.79 Å². The maximum Gasteiger partial charge on any atom is 0.471 e. The first kappa shape index (κ1) is 17.3. The van der Waals surface area contributed by atoms with Gasteiger partial charge in [-0.25, -0.2) is 4.98 Å². The van der Waals surface area contributed by atoms with E-state index in [1.54, 1.807) is 31.2 Å². The van der Waals surface area contributed by atoms with Crippen LogP contribution in [0, 0.1) is 6.92 Å². The van der Waals surface area contributed by atoms with Gasteiger partial charge in [-0.1, -0.05) is 11.6 Å². The van der Waals surface area contributed by atoms with E-state index >= 15 is 0 Å². The molecule has 2 aromatic carbocycles. The molecule has 0 atom stereocenters. The highest BCUT2D eigenvalue weighted by molar-refractivity contribution is 6.30. The largest absolute Gasteiger partial charge is 0.471 e. The standard InChI is InChI=1S/C17H12ClF3N2O2/c1-9-7-12(23(2)16(24)17(19,20)21)8-13-14(9)25-15(22-13)10-3-5-11(18)6-4-10/h3-8H,1-2H3. The van der Waals surface area contributed by atoms with Gasteiger partial charge in [-0.15, -0.1) is 0 Å². The molecule has 25 heavy (non-hydrogen) atoms. The zero-order valence-corrected chi connectivity index (χ0v) is 13.9. The Hall–Kier alpha value is -2.54. The molecule has 0 bridgehead atoms. The van der Waals surface area contributed by atoms with Crippen molar-refractivity contribution in [2.75, 3.05) is 11.9 Å². The molecule has 1 heterocycles. The summed E-state index contributed by atoms with van der Waals surface area (Å²) >= 11 is 5.84. The van der Waals surface area contributed by atoms with E-state index < -0.39 is 12.1 Å². The number of benzene rings is 2. The zero-order valence-electron chi connectivity index (χ0n) is 13.2. The lowest BCUT2D eigenvalue weighted by Gasteiger charge is -2.19. The fourth-order valence-corrected chi connectivity index (χ4v) is 2.52. The molecular formula is C17H12ClF3N2O2. The number of aromatic nitrogens is 1. The van der Waals surface area contributed by atoms with Gasteiger partial charge in [0.05, 0.1) is 0 Å². The molecule has 0 fully saturated rings. The second-order valence-corrected chi connectivity index (χ2v) is 5.94. The number of carbonyl (C=O) groups is 1. The number of rotatable bonds is 2. The predicted molar refractivity (Wildman–Crippen MR) is 88.7 cm³/mol. The summed E-state index contributed by atoms with van der Waals surface area (Å²) in [5.41, 5.74) is 2.15. The van der Waals surface area contributed by atoms with Crippen molar-refractivity contribution in [2.45, 2.75) is 13.1 Å². The van der Waals surface area contributed by atoms with Crippen molar-refractivity contribution in [1.29, 1.82) is 0 Å². The van der Waals surface area contributed by atoms with Crippen LogP contribution in [0.4, 0.5) is 18.9 Å². The second kappa shape index (κ2) is 6.07. The Morgan fingerprint density at radius 2 is 1.84 bits per heavy atom. The van der Waals surface area contributed by atoms with Gasteiger partial charge >= 0.3 is 12.1 Å². The molecule has 0 saturated carbocycles. The second-order valence-electron chi connectivity index (χ2n) is 5.50. The Bertz CT molecular complexity index is 949. The molecule has 0 aliphatic carbocycles. The first-order valence-corrected chi connectivity index (χ1v) is 7.56. The number of alkyl halides is 3. The Balaban J connectivity index is 2.05. The van der Waals surface area contributed by atoms with Crippen LogP contribution in [0.2, 0.25) is 5.02 Å². The maximum absolute atomic E-state index is 12.6. The molecule has 0 spiro atoms. The summed E-state index contributed by atoms with van der Waals surface area (Å²) in [5, 5.41) is 0.561. The average molecular weight is 369 g/mol. The molecule has 0 radical (unpaired) electrons. The normalized spacial score (nSPS) is 11.8. The lowest BCUT2D eigenvalue weighted by Crippen LogP contribution is -2.38. The lowest BCUT2D eigenvalue weighted by atomic mass is 10.2. The molecule has 1 aromatic heterocycles. The van der Waals surface area contributed by atoms with E-state index in [9.17, 15) is 18.0 Å². The van der Waals surface area contributed by atoms with Crippen molar-refractivity contribution in [1.82, 2.24) is 4.98 Å². The van der Waals surface area contributed by atoms with Crippen LogP contribution in [0.15, 0.2) is 40.8 Å². The molecular weight excluding hydrogens is 357 g/mol. The average Bonchev–Trinajstić information content (AvgIpc) is 2.98. The van der Waals surface area contributed by atoms with Crippen molar-refractivity contribution in [3.05, 3.63) is 47.0 Å². The SMILES string of the molecule is Cc1cc(N(C)C(=O)C(F)(F)F)cc2nc(-c3ccc(Cl)cc3)oc12. The summed E-state index contributed by atoms with van der Waals surface area (Å²) in [6.07, 6.45) is -4.95. The molecule has 3 rings (SSSR count). The molecule has 0 aliphatic rings. The number of fused-ring (bicyclic) bond motifs is 1. The number of carbonyl (C=O) groups excluding carboxylic acids is 1. The molecule has 0 saturated heterocycles. The van der Waals surface area contributed by atoms with E-state index in [1.807, 2.05) is 0 Å². The van der Waals surface area contributed by atoms with E-state index in [0.29, 0.717) is 38.0 Å². The van der Waals surface area contributed by atoms with Crippen LogP contribution in [-0.2, 0) is 4.79 Å². The summed E-state index contributed by atoms with van der Waals surface area (Å²) in [7, 11) is 1.07. The number of hydrogen-bond donors (Lipinski definition) is 0. The Morgan fingerprint density at radius 3 is 2.44 bits per heavy atom. The fourth-order valence-electron chi connectivity index (χ4n) is 2.40. The molecule has 0 N–H and O–H groups in total. The molecule has 0 aliphatic heterocycles. The first-order chi connectivity index (χ1) is 11.7. The van der Waals surface area contributed by atoms with Crippen LogP contribution in [0.1, 0.15) is 5.56 Å². The van der Waals surface area contributed by atoms with Crippen molar-refractivity contribution < 1.29 is 22.4 Å². The van der Waals surface area contributed by atoms with Gasteiger partial charge in [0, 0.05) is 23.3 Å². The van der Waals surface area contributed by atoms with Crippen molar-refractivity contribution in [2.24, 2.45) is 0 Å². The van der Waals surface area contributed by atoms with E-state index in [2.05, 4.69) is 4.98 Å². The first-order valence-electron chi connectivity index (χ1n) is 7.19. The Labute approximate surface area is 145 Å². The Morgan fingerprint density at radius 1 is 1.20 bits per heavy atom. The van der Waals surface area contributed by atoms with Gasteiger partial charge in [-0.05, 0) is 48.9 Å². The topological polar surface area (TPSA) is 46.3 Å². The van der Waals surface area contributed by atoms with Crippen LogP contribution < -0.4 is 4.90 Å². The van der Waals surface area contributed by atoms with Gasteiger partial charge in [0.1, 0.15) is 5.52 Å². The monoisotopic (exact) mass is 368 g/mol. The van der Waals surface area contributed by atoms with Gasteiger partial charge in [0.15, 0.2) is 5.58 Å². The number of aryl methyl sites for hydroxylation is 1. The van der Waals surface area contributed by atoms with Crippen LogP contribution in [0.5, 0.6) is 0 Å². The highest BCUT2D eigenvalue weighted by Gasteiger charge is 2.41. The Kier molecular flexibility index (Phi) is 4.20. The summed E-state index contributed by atoms with van der Waals surface area (Å²) in [4.78, 5) is 16.3. The number of oxazole rings is 1. The molecule has 4 nitrogen and oxygen atoms in total. The molecule has 8 heteroatoms. The number of anilines is 1. The van der Waals surface area contributed by atoms with Crippen molar-refractivity contribution >= 4 is 34.3 Å². The van der Waals surface area contributed by atoms with Crippen molar-refractivity contribution in [3.8, 4) is 11.5 Å². The van der Waals surface area contributed by atoms with Crippen molar-refractivity contribution in [3.63, 3.8) is 0 Å². The fraction of sp³-hybridized carbons (Fsp3) is 0.176. The van der Waals surface area contributed by atoms with Gasteiger partial charge in [0.25, 0.3) is 0 Å². The summed E-state index contributed by atoms with van der Waals surface area (Å²) in [5.74, 6) is -1.63. The molecule has 1 amide bonds. The van der Waals surface area contributed by atoms with Gasteiger partial charge in [0.2, 0.25) is 5.89 Å². The number of hydrogen-bond acceptors (Lipinski definition) is 3. The smallest absolute Gasteiger partial charge is 0.436 e. The van der Waals surface area contributed by atoms with Crippen LogP contribution in [-0.4, -0.2) is 24.1 Å². The highest BCUT2D eigenvalue weighted by atomic mass is 35.5. The summed E-state index contributed by atoms with van der Waals surface area (Å²) < 4.78 is 43.6. The third-order valence-electron chi connectivity index (χ3n) is 3.69. The molecule has 130 valence electrons. The lowest BCUT2D eigenvalue weighted by molar-refractivity contribution is -0.170. The predicted octanol–water partition coefficient (Wildman–Crippen LogP) is 4.98. The van der Waals surface area contributed by atoms with Crippen LogP contribution in [0.25, 0.3) is 22.6 Å². The van der Waals surface area contributed by atoms with E-state index in [-0.39, 0.29) is 5.69 Å². The van der Waals surface area contributed by atoms with Crippen LogP contribution >= 0.6 is 11.6 Å². The number of amides is 1. The maximum atomic E-state index is 12.6. The highest BCUT2D eigenvalue weighted by Crippen LogP contribution is 2.31. The van der Waals surface area contributed by atoms with Gasteiger partial charge < -0.3 is 9.32 Å². The number of halogens is 4. The summed E-state index contributed by atoms with van der Waals surface area (Å²) in [6, 6.07) is 9.64. The molecule has 0 unspecified atom stereocenters. The minimum atomic E-state index is -4.95. The third kappa shape index (κ3) is 3.32. The van der Waals surface area contributed by atoms with E-state index in [4.69, 9.17) is 16.0 Å². The third-order valence-corrected chi connectivity index (χ3v) is 3.94. The zero-order chi connectivity index (χ0) is 18.4. The number of nitrogens with zero attached hydrogens (tertiary/aromatic N) is 2. The van der Waals surface area contributed by atoms with E-state index in [1.165, 1.54) is 12.1 Å². The van der Waals surface area contributed by atoms with E-state index in [0.717, 1.165) is 7.05 Å². The molecule has 3 aromatic rings. The van der Waals surface area contributed by atoms with Crippen LogP contribution in [0.3, 0.4) is 0 Å². The van der Waals surface area contributed by atoms with Gasteiger partial charge in [-0.2, -0.15) is 13.2 Å².